The van der Waals surface area contributed by atoms with Gasteiger partial charge < -0.3 is 4.52 Å². The summed E-state index contributed by atoms with van der Waals surface area (Å²) in [6.45, 7) is 0.314. The van der Waals surface area contributed by atoms with Gasteiger partial charge in [-0.3, -0.25) is 9.67 Å². The van der Waals surface area contributed by atoms with Crippen molar-refractivity contribution < 1.29 is 13.3 Å². The number of pyridine rings is 1. The fourth-order valence-electron chi connectivity index (χ4n) is 3.81. The molecule has 35 heavy (non-hydrogen) atoms. The van der Waals surface area contributed by atoms with E-state index >= 15 is 0 Å². The predicted octanol–water partition coefficient (Wildman–Crippen LogP) is 5.49. The summed E-state index contributed by atoms with van der Waals surface area (Å²) < 4.78 is 34.9. The first kappa shape index (κ1) is 20.8. The van der Waals surface area contributed by atoms with Crippen LogP contribution in [0.3, 0.4) is 0 Å². The second-order valence-electron chi connectivity index (χ2n) is 7.88. The number of hydrogen-bond donors (Lipinski definition) is 0. The van der Waals surface area contributed by atoms with Gasteiger partial charge in [0.2, 0.25) is 0 Å². The first-order valence-corrected chi connectivity index (χ1v) is 10.7. The molecule has 2 aromatic carbocycles. The summed E-state index contributed by atoms with van der Waals surface area (Å²) in [6.07, 6.45) is 6.72. The van der Waals surface area contributed by atoms with Crippen LogP contribution in [-0.2, 0) is 6.54 Å². The summed E-state index contributed by atoms with van der Waals surface area (Å²) in [5, 5.41) is 8.51. The van der Waals surface area contributed by atoms with Gasteiger partial charge in [-0.15, -0.1) is 0 Å². The third-order valence-corrected chi connectivity index (χ3v) is 5.58. The Morgan fingerprint density at radius 1 is 0.800 bits per heavy atom. The van der Waals surface area contributed by atoms with E-state index in [0.717, 1.165) is 22.8 Å². The Hall–Kier alpha value is -4.79. The Balaban J connectivity index is 1.22. The lowest BCUT2D eigenvalue weighted by molar-refractivity contribution is 0.372. The Labute approximate surface area is 198 Å². The van der Waals surface area contributed by atoms with Gasteiger partial charge in [0, 0.05) is 24.0 Å². The fourth-order valence-corrected chi connectivity index (χ4v) is 3.81. The number of benzene rings is 2. The lowest BCUT2D eigenvalue weighted by Crippen LogP contribution is -2.04. The zero-order chi connectivity index (χ0) is 23.8. The van der Waals surface area contributed by atoms with Crippen molar-refractivity contribution >= 4 is 0 Å². The van der Waals surface area contributed by atoms with E-state index in [2.05, 4.69) is 25.2 Å². The van der Waals surface area contributed by atoms with E-state index in [1.807, 2.05) is 42.5 Å². The molecule has 0 radical (unpaired) electrons. The Kier molecular flexibility index (Phi) is 5.07. The summed E-state index contributed by atoms with van der Waals surface area (Å²) >= 11 is 0. The van der Waals surface area contributed by atoms with Crippen molar-refractivity contribution in [2.45, 2.75) is 6.54 Å². The quantitative estimate of drug-likeness (QED) is 0.334. The molecule has 0 saturated carbocycles. The van der Waals surface area contributed by atoms with Gasteiger partial charge in [0.05, 0.1) is 18.0 Å². The van der Waals surface area contributed by atoms with Crippen LogP contribution in [0.15, 0.2) is 90.0 Å². The van der Waals surface area contributed by atoms with Gasteiger partial charge in [0.1, 0.15) is 23.6 Å². The molecule has 0 bridgehead atoms. The highest BCUT2D eigenvalue weighted by Gasteiger charge is 2.18. The average Bonchev–Trinajstić information content (AvgIpc) is 3.53. The maximum atomic E-state index is 14.1. The van der Waals surface area contributed by atoms with Crippen LogP contribution in [0.2, 0.25) is 0 Å². The zero-order valence-corrected chi connectivity index (χ0v) is 18.1. The average molecular weight is 466 g/mol. The number of hydrogen-bond acceptors (Lipinski definition) is 6. The van der Waals surface area contributed by atoms with Gasteiger partial charge in [0.25, 0.3) is 0 Å². The van der Waals surface area contributed by atoms with Gasteiger partial charge in [0.15, 0.2) is 23.2 Å². The number of imidazole rings is 1. The molecule has 7 nitrogen and oxygen atoms in total. The van der Waals surface area contributed by atoms with Crippen LogP contribution in [0.5, 0.6) is 0 Å². The molecule has 0 atom stereocenters. The molecule has 4 aromatic rings. The molecule has 2 aliphatic heterocycles. The Morgan fingerprint density at radius 3 is 2.37 bits per heavy atom. The van der Waals surface area contributed by atoms with Crippen molar-refractivity contribution in [1.82, 2.24) is 29.9 Å². The molecule has 9 heteroatoms. The van der Waals surface area contributed by atoms with Gasteiger partial charge in [-0.1, -0.05) is 35.5 Å². The largest absolute Gasteiger partial charge is 0.359 e. The minimum absolute atomic E-state index is 0.00239. The minimum atomic E-state index is -0.980. The van der Waals surface area contributed by atoms with Crippen molar-refractivity contribution in [2.75, 3.05) is 0 Å². The van der Waals surface area contributed by atoms with E-state index in [4.69, 9.17) is 4.52 Å². The van der Waals surface area contributed by atoms with Crippen LogP contribution < -0.4 is 0 Å². The standard InChI is InChI=1S/C26H16F2N6O/c27-21-3-1-2-20(25(21)28)26-31-23-13-30-34(15-24(23)32-26)14-19-12-22(33-35-19)18-6-4-16(5-7-18)17-8-10-29-11-9-17/h1-13,15H,14H2. The highest BCUT2D eigenvalue weighted by Crippen LogP contribution is 2.28. The predicted molar refractivity (Wildman–Crippen MR) is 124 cm³/mol. The summed E-state index contributed by atoms with van der Waals surface area (Å²) in [4.78, 5) is 12.7. The molecular formula is C26H16F2N6O. The molecule has 0 unspecified atom stereocenters. The molecular weight excluding hydrogens is 450 g/mol. The van der Waals surface area contributed by atoms with Crippen LogP contribution in [-0.4, -0.2) is 29.9 Å². The maximum Gasteiger partial charge on any atom is 0.169 e. The second kappa shape index (κ2) is 8.53. The second-order valence-corrected chi connectivity index (χ2v) is 7.88. The molecule has 6 rings (SSSR count). The van der Waals surface area contributed by atoms with Crippen molar-refractivity contribution in [3.05, 3.63) is 103 Å². The lowest BCUT2D eigenvalue weighted by atomic mass is 10.0. The van der Waals surface area contributed by atoms with E-state index in [1.54, 1.807) is 23.3 Å². The van der Waals surface area contributed by atoms with Gasteiger partial charge in [-0.2, -0.15) is 5.10 Å². The number of rotatable bonds is 5. The van der Waals surface area contributed by atoms with Crippen LogP contribution in [0.1, 0.15) is 5.76 Å². The Morgan fingerprint density at radius 2 is 1.54 bits per heavy atom. The molecule has 2 aromatic heterocycles. The van der Waals surface area contributed by atoms with E-state index < -0.39 is 11.6 Å². The first-order valence-electron chi connectivity index (χ1n) is 10.7. The minimum Gasteiger partial charge on any atom is -0.359 e. The van der Waals surface area contributed by atoms with Crippen molar-refractivity contribution in [1.29, 1.82) is 0 Å². The number of fused-ring (bicyclic) bond motifs is 1. The van der Waals surface area contributed by atoms with E-state index in [-0.39, 0.29) is 11.4 Å². The van der Waals surface area contributed by atoms with Crippen molar-refractivity contribution in [2.24, 2.45) is 0 Å². The van der Waals surface area contributed by atoms with Gasteiger partial charge in [-0.05, 0) is 35.4 Å². The molecule has 0 amide bonds. The van der Waals surface area contributed by atoms with E-state index in [0.29, 0.717) is 29.4 Å². The molecule has 0 fully saturated rings. The molecule has 0 saturated heterocycles. The van der Waals surface area contributed by atoms with Crippen LogP contribution in [0.4, 0.5) is 8.78 Å². The highest BCUT2D eigenvalue weighted by atomic mass is 19.2. The summed E-state index contributed by atoms with van der Waals surface area (Å²) in [6, 6.07) is 17.7. The van der Waals surface area contributed by atoms with Crippen LogP contribution in [0, 0.1) is 11.6 Å². The topological polar surface area (TPSA) is 82.5 Å². The summed E-state index contributed by atoms with van der Waals surface area (Å²) in [5.41, 5.74) is 4.79. The first-order chi connectivity index (χ1) is 17.1. The monoisotopic (exact) mass is 466 g/mol. The smallest absolute Gasteiger partial charge is 0.169 e. The van der Waals surface area contributed by atoms with Crippen molar-refractivity contribution in [3.63, 3.8) is 0 Å². The summed E-state index contributed by atoms with van der Waals surface area (Å²) in [7, 11) is 0. The molecule has 0 N–H and O–H groups in total. The molecule has 0 spiro atoms. The van der Waals surface area contributed by atoms with Gasteiger partial charge >= 0.3 is 0 Å². The number of aromatic nitrogens is 6. The fraction of sp³-hybridized carbons (Fsp3) is 0.0385. The van der Waals surface area contributed by atoms with E-state index in [1.165, 1.54) is 18.3 Å². The molecule has 2 aliphatic rings. The van der Waals surface area contributed by atoms with Crippen molar-refractivity contribution in [3.8, 4) is 45.2 Å². The number of halogens is 2. The molecule has 0 aliphatic carbocycles. The third-order valence-electron chi connectivity index (χ3n) is 5.58. The highest BCUT2D eigenvalue weighted by molar-refractivity contribution is 5.68. The number of nitrogens with zero attached hydrogens (tertiary/aromatic N) is 6. The van der Waals surface area contributed by atoms with Crippen LogP contribution in [0.25, 0.3) is 45.2 Å². The third kappa shape index (κ3) is 4.04. The van der Waals surface area contributed by atoms with Crippen LogP contribution >= 0.6 is 0 Å². The lowest BCUT2D eigenvalue weighted by Gasteiger charge is -2.03. The molecule has 170 valence electrons. The normalized spacial score (nSPS) is 11.3. The molecule has 4 heterocycles. The van der Waals surface area contributed by atoms with Gasteiger partial charge in [-0.25, -0.2) is 18.7 Å². The zero-order valence-electron chi connectivity index (χ0n) is 18.1. The maximum absolute atomic E-state index is 14.1. The summed E-state index contributed by atoms with van der Waals surface area (Å²) in [5.74, 6) is -1.22. The van der Waals surface area contributed by atoms with E-state index in [9.17, 15) is 8.78 Å². The SMILES string of the molecule is Fc1cccc(-c2nc3cnn(Cc4cc(-c5ccc(-c6ccncc6)cc5)no4)cc-3n2)c1F. The Bertz CT molecular complexity index is 1590.